The third-order valence-electron chi connectivity index (χ3n) is 5.81. The summed E-state index contributed by atoms with van der Waals surface area (Å²) in [5, 5.41) is 7.75. The van der Waals surface area contributed by atoms with Gasteiger partial charge in [0.25, 0.3) is 0 Å². The van der Waals surface area contributed by atoms with Gasteiger partial charge in [0.15, 0.2) is 5.58 Å². The number of anilines is 2. The number of benzene rings is 2. The molecule has 0 spiro atoms. The van der Waals surface area contributed by atoms with Gasteiger partial charge in [0.05, 0.1) is 22.7 Å². The third-order valence-corrected chi connectivity index (χ3v) is 7.86. The topological polar surface area (TPSA) is 95.8 Å². The summed E-state index contributed by atoms with van der Waals surface area (Å²) in [4.78, 5) is 15.3. The summed E-state index contributed by atoms with van der Waals surface area (Å²) in [7, 11) is -3.64. The second-order valence-electron chi connectivity index (χ2n) is 7.81. The maximum absolute atomic E-state index is 13.0. The Balaban J connectivity index is 1.64. The van der Waals surface area contributed by atoms with Crippen LogP contribution < -0.4 is 10.2 Å². The van der Waals surface area contributed by atoms with Crippen LogP contribution >= 0.6 is 0 Å². The predicted molar refractivity (Wildman–Crippen MR) is 124 cm³/mol. The fourth-order valence-electron chi connectivity index (χ4n) is 4.13. The van der Waals surface area contributed by atoms with Crippen LogP contribution in [0.1, 0.15) is 32.4 Å². The normalized spacial score (nSPS) is 14.4. The molecule has 0 aliphatic carbocycles. The summed E-state index contributed by atoms with van der Waals surface area (Å²) in [6.45, 7) is 6.13. The van der Waals surface area contributed by atoms with E-state index in [9.17, 15) is 13.2 Å². The Morgan fingerprint density at radius 1 is 1.12 bits per heavy atom. The van der Waals surface area contributed by atoms with E-state index in [1.54, 1.807) is 24.3 Å². The fraction of sp³-hybridized carbons (Fsp3) is 0.391. The number of sulfonamides is 1. The van der Waals surface area contributed by atoms with Crippen LogP contribution in [-0.2, 0) is 21.2 Å². The van der Waals surface area contributed by atoms with E-state index in [0.717, 1.165) is 37.0 Å². The Morgan fingerprint density at radius 3 is 2.56 bits per heavy atom. The average Bonchev–Trinajstić information content (AvgIpc) is 3.45. The molecule has 1 aromatic heterocycles. The van der Waals surface area contributed by atoms with Gasteiger partial charge >= 0.3 is 0 Å². The van der Waals surface area contributed by atoms with Crippen molar-refractivity contribution in [3.05, 3.63) is 48.2 Å². The molecule has 0 atom stereocenters. The highest BCUT2D eigenvalue weighted by Gasteiger charge is 2.25. The van der Waals surface area contributed by atoms with Gasteiger partial charge in [-0.05, 0) is 43.2 Å². The van der Waals surface area contributed by atoms with Gasteiger partial charge in [-0.25, -0.2) is 8.42 Å². The van der Waals surface area contributed by atoms with Crippen molar-refractivity contribution in [3.8, 4) is 0 Å². The van der Waals surface area contributed by atoms with Crippen LogP contribution in [0.25, 0.3) is 11.0 Å². The van der Waals surface area contributed by atoms with Crippen LogP contribution in [0.3, 0.4) is 0 Å². The molecule has 0 unspecified atom stereocenters. The van der Waals surface area contributed by atoms with Crippen molar-refractivity contribution in [2.24, 2.45) is 0 Å². The van der Waals surface area contributed by atoms with Crippen LogP contribution in [0.5, 0.6) is 0 Å². The molecule has 170 valence electrons. The number of hydrogen-bond donors (Lipinski definition) is 1. The number of rotatable bonds is 8. The van der Waals surface area contributed by atoms with Crippen molar-refractivity contribution in [2.75, 3.05) is 36.4 Å². The summed E-state index contributed by atoms with van der Waals surface area (Å²) in [5.74, 6) is -0.276. The van der Waals surface area contributed by atoms with E-state index in [1.807, 2.05) is 32.0 Å². The highest BCUT2D eigenvalue weighted by atomic mass is 32.2. The van der Waals surface area contributed by atoms with Gasteiger partial charge in [0.2, 0.25) is 15.9 Å². The molecule has 1 saturated heterocycles. The Bertz CT molecular complexity index is 1210. The molecule has 3 aromatic rings. The first kappa shape index (κ1) is 22.3. The first-order valence-electron chi connectivity index (χ1n) is 11.0. The van der Waals surface area contributed by atoms with Crippen LogP contribution in [0.15, 0.2) is 51.9 Å². The van der Waals surface area contributed by atoms with Crippen molar-refractivity contribution in [1.29, 1.82) is 0 Å². The van der Waals surface area contributed by atoms with E-state index in [1.165, 1.54) is 4.31 Å². The molecule has 1 amide bonds. The number of fused-ring (bicyclic) bond motifs is 1. The molecule has 1 fully saturated rings. The molecule has 1 aliphatic rings. The quantitative estimate of drug-likeness (QED) is 0.556. The molecule has 0 radical (unpaired) electrons. The van der Waals surface area contributed by atoms with Crippen LogP contribution in [0.2, 0.25) is 0 Å². The zero-order valence-corrected chi connectivity index (χ0v) is 19.2. The lowest BCUT2D eigenvalue weighted by molar-refractivity contribution is -0.115. The van der Waals surface area contributed by atoms with Gasteiger partial charge in [-0.2, -0.15) is 4.31 Å². The van der Waals surface area contributed by atoms with Crippen LogP contribution in [-0.4, -0.2) is 50.0 Å². The summed E-state index contributed by atoms with van der Waals surface area (Å²) in [6, 6.07) is 12.4. The molecule has 32 heavy (non-hydrogen) atoms. The summed E-state index contributed by atoms with van der Waals surface area (Å²) < 4.78 is 32.8. The average molecular weight is 457 g/mol. The second kappa shape index (κ2) is 9.30. The van der Waals surface area contributed by atoms with E-state index in [4.69, 9.17) is 4.52 Å². The highest BCUT2D eigenvalue weighted by molar-refractivity contribution is 7.89. The zero-order chi connectivity index (χ0) is 22.7. The van der Waals surface area contributed by atoms with Gasteiger partial charge in [-0.15, -0.1) is 0 Å². The Labute approximate surface area is 188 Å². The first-order chi connectivity index (χ1) is 15.4. The lowest BCUT2D eigenvalue weighted by Crippen LogP contribution is -2.31. The number of carbonyl (C=O) groups is 1. The summed E-state index contributed by atoms with van der Waals surface area (Å²) >= 11 is 0. The Morgan fingerprint density at radius 2 is 1.84 bits per heavy atom. The van der Waals surface area contributed by atoms with Crippen molar-refractivity contribution in [1.82, 2.24) is 9.46 Å². The SMILES string of the molecule is CCN(CC)S(=O)(=O)c1ccc(N2CCCC2)c(NC(=O)Cc2noc3ccccc23)c1. The van der Waals surface area contributed by atoms with Crippen LogP contribution in [0.4, 0.5) is 11.4 Å². The highest BCUT2D eigenvalue weighted by Crippen LogP contribution is 2.32. The van der Waals surface area contributed by atoms with E-state index in [-0.39, 0.29) is 17.2 Å². The molecule has 2 heterocycles. The minimum atomic E-state index is -3.64. The first-order valence-corrected chi connectivity index (χ1v) is 12.4. The van der Waals surface area contributed by atoms with Crippen molar-refractivity contribution in [3.63, 3.8) is 0 Å². The van der Waals surface area contributed by atoms with Gasteiger partial charge < -0.3 is 14.7 Å². The van der Waals surface area contributed by atoms with Crippen molar-refractivity contribution in [2.45, 2.75) is 38.0 Å². The van der Waals surface area contributed by atoms with Gasteiger partial charge in [0.1, 0.15) is 5.69 Å². The predicted octanol–water partition coefficient (Wildman–Crippen LogP) is 3.64. The third kappa shape index (κ3) is 4.35. The number of hydrogen-bond acceptors (Lipinski definition) is 6. The van der Waals surface area contributed by atoms with E-state index in [2.05, 4.69) is 15.4 Å². The molecular formula is C23H28N4O4S. The number of nitrogens with zero attached hydrogens (tertiary/aromatic N) is 3. The number of para-hydroxylation sites is 1. The van der Waals surface area contributed by atoms with Gasteiger partial charge in [0, 0.05) is 31.6 Å². The maximum atomic E-state index is 13.0. The molecule has 9 heteroatoms. The van der Waals surface area contributed by atoms with Crippen molar-refractivity contribution >= 4 is 38.3 Å². The molecular weight excluding hydrogens is 428 g/mol. The zero-order valence-electron chi connectivity index (χ0n) is 18.4. The number of nitrogens with one attached hydrogen (secondary N) is 1. The Hall–Kier alpha value is -2.91. The lowest BCUT2D eigenvalue weighted by atomic mass is 10.1. The van der Waals surface area contributed by atoms with E-state index < -0.39 is 10.0 Å². The largest absolute Gasteiger partial charge is 0.370 e. The second-order valence-corrected chi connectivity index (χ2v) is 9.75. The summed E-state index contributed by atoms with van der Waals surface area (Å²) in [6.07, 6.45) is 2.17. The molecule has 0 saturated carbocycles. The minimum absolute atomic E-state index is 0.0312. The van der Waals surface area contributed by atoms with E-state index in [0.29, 0.717) is 30.1 Å². The van der Waals surface area contributed by atoms with Crippen LogP contribution in [0, 0.1) is 0 Å². The minimum Gasteiger partial charge on any atom is -0.370 e. The molecule has 0 bridgehead atoms. The smallest absolute Gasteiger partial charge is 0.243 e. The maximum Gasteiger partial charge on any atom is 0.243 e. The molecule has 1 N–H and O–H groups in total. The standard InChI is InChI=1S/C23H28N4O4S/c1-3-27(4-2)32(29,30)17-11-12-21(26-13-7-8-14-26)20(15-17)24-23(28)16-19-18-9-5-6-10-22(18)31-25-19/h5-6,9-12,15H,3-4,7-8,13-14,16H2,1-2H3,(H,24,28). The molecule has 2 aromatic carbocycles. The fourth-order valence-corrected chi connectivity index (χ4v) is 5.62. The van der Waals surface area contributed by atoms with Gasteiger partial charge in [-0.3, -0.25) is 4.79 Å². The summed E-state index contributed by atoms with van der Waals surface area (Å²) in [5.41, 5.74) is 2.50. The van der Waals surface area contributed by atoms with Gasteiger partial charge in [-0.1, -0.05) is 31.1 Å². The molecule has 4 rings (SSSR count). The lowest BCUT2D eigenvalue weighted by Gasteiger charge is -2.24. The van der Waals surface area contributed by atoms with E-state index >= 15 is 0 Å². The monoisotopic (exact) mass is 456 g/mol. The Kier molecular flexibility index (Phi) is 6.48. The number of aromatic nitrogens is 1. The number of amides is 1. The number of carbonyl (C=O) groups excluding carboxylic acids is 1. The molecule has 1 aliphatic heterocycles. The molecule has 8 nitrogen and oxygen atoms in total. The van der Waals surface area contributed by atoms with Crippen molar-refractivity contribution < 1.29 is 17.7 Å².